The molecule has 2 aromatic heterocycles. The van der Waals surface area contributed by atoms with E-state index in [4.69, 9.17) is 11.6 Å². The maximum absolute atomic E-state index is 9.86. The summed E-state index contributed by atoms with van der Waals surface area (Å²) < 4.78 is 0. The third-order valence-electron chi connectivity index (χ3n) is 4.65. The highest BCUT2D eigenvalue weighted by atomic mass is 35.5. The van der Waals surface area contributed by atoms with Crippen molar-refractivity contribution in [1.29, 1.82) is 0 Å². The van der Waals surface area contributed by atoms with Gasteiger partial charge >= 0.3 is 0 Å². The van der Waals surface area contributed by atoms with E-state index in [1.165, 1.54) is 0 Å². The number of rotatable bonds is 1. The van der Waals surface area contributed by atoms with E-state index in [1.54, 1.807) is 24.3 Å². The Labute approximate surface area is 147 Å². The third kappa shape index (κ3) is 2.01. The van der Waals surface area contributed by atoms with Gasteiger partial charge in [0.15, 0.2) is 0 Å². The van der Waals surface area contributed by atoms with Crippen molar-refractivity contribution in [2.75, 3.05) is 0 Å². The van der Waals surface area contributed by atoms with Crippen molar-refractivity contribution in [3.05, 3.63) is 59.9 Å². The lowest BCUT2D eigenvalue weighted by Crippen LogP contribution is -1.82. The van der Waals surface area contributed by atoms with E-state index >= 15 is 0 Å². The molecular weight excluding hydrogens is 336 g/mol. The average Bonchev–Trinajstić information content (AvgIpc) is 3.17. The van der Waals surface area contributed by atoms with Crippen LogP contribution in [0, 0.1) is 0 Å². The number of aromatic nitrogens is 2. The van der Waals surface area contributed by atoms with Gasteiger partial charge in [-0.15, -0.1) is 0 Å². The molecule has 25 heavy (non-hydrogen) atoms. The molecule has 0 radical (unpaired) electrons. The molecule has 0 atom stereocenters. The summed E-state index contributed by atoms with van der Waals surface area (Å²) in [6.07, 6.45) is 3.89. The van der Waals surface area contributed by atoms with Crippen LogP contribution < -0.4 is 0 Å². The topological polar surface area (TPSA) is 72.0 Å². The minimum atomic E-state index is 0.140. The first-order valence-corrected chi connectivity index (χ1v) is 8.22. The van der Waals surface area contributed by atoms with Crippen molar-refractivity contribution in [1.82, 2.24) is 9.97 Å². The predicted octanol–water partition coefficient (Wildman–Crippen LogP) is 5.53. The molecule has 0 bridgehead atoms. The lowest BCUT2D eigenvalue weighted by molar-refractivity contribution is 0.475. The number of H-pyrrole nitrogens is 2. The molecule has 5 aromatic rings. The van der Waals surface area contributed by atoms with Gasteiger partial charge in [0.05, 0.1) is 5.02 Å². The summed E-state index contributed by atoms with van der Waals surface area (Å²) in [5, 5.41) is 24.1. The monoisotopic (exact) mass is 348 g/mol. The van der Waals surface area contributed by atoms with Gasteiger partial charge in [0, 0.05) is 50.5 Å². The van der Waals surface area contributed by atoms with Gasteiger partial charge in [0.1, 0.15) is 11.5 Å². The van der Waals surface area contributed by atoms with Gasteiger partial charge in [-0.3, -0.25) is 0 Å². The summed E-state index contributed by atoms with van der Waals surface area (Å²) in [5.74, 6) is 0.379. The van der Waals surface area contributed by atoms with Crippen LogP contribution in [-0.4, -0.2) is 20.2 Å². The van der Waals surface area contributed by atoms with Gasteiger partial charge in [-0.2, -0.15) is 0 Å². The van der Waals surface area contributed by atoms with Crippen LogP contribution >= 0.6 is 11.6 Å². The van der Waals surface area contributed by atoms with Crippen LogP contribution in [0.3, 0.4) is 0 Å². The van der Waals surface area contributed by atoms with Gasteiger partial charge in [0.25, 0.3) is 0 Å². The molecule has 5 rings (SSSR count). The Kier molecular flexibility index (Phi) is 2.82. The predicted molar refractivity (Wildman–Crippen MR) is 101 cm³/mol. The first kappa shape index (κ1) is 14.3. The van der Waals surface area contributed by atoms with Crippen LogP contribution in [0.2, 0.25) is 5.02 Å². The molecule has 0 unspecified atom stereocenters. The molecular formula is C20H13ClN2O2. The smallest absolute Gasteiger partial charge is 0.117 e. The van der Waals surface area contributed by atoms with E-state index < -0.39 is 0 Å². The molecule has 0 aliphatic rings. The van der Waals surface area contributed by atoms with Gasteiger partial charge in [-0.1, -0.05) is 11.6 Å². The molecule has 3 aromatic carbocycles. The van der Waals surface area contributed by atoms with E-state index in [0.29, 0.717) is 5.02 Å². The number of phenolic OH excluding ortho intramolecular Hbond substituents is 2. The maximum Gasteiger partial charge on any atom is 0.117 e. The molecule has 0 amide bonds. The number of benzene rings is 3. The maximum atomic E-state index is 9.86. The zero-order chi connectivity index (χ0) is 17.1. The molecule has 0 aliphatic heterocycles. The first-order chi connectivity index (χ1) is 12.1. The molecule has 5 heteroatoms. The average molecular weight is 349 g/mol. The van der Waals surface area contributed by atoms with E-state index in [9.17, 15) is 10.2 Å². The Morgan fingerprint density at radius 3 is 2.32 bits per heavy atom. The fraction of sp³-hybridized carbons (Fsp3) is 0. The highest BCUT2D eigenvalue weighted by molar-refractivity contribution is 6.34. The lowest BCUT2D eigenvalue weighted by Gasteiger charge is -2.08. The molecule has 0 saturated carbocycles. The van der Waals surface area contributed by atoms with Crippen LogP contribution in [0.25, 0.3) is 43.7 Å². The molecule has 122 valence electrons. The van der Waals surface area contributed by atoms with Gasteiger partial charge in [0.2, 0.25) is 0 Å². The summed E-state index contributed by atoms with van der Waals surface area (Å²) in [6, 6.07) is 12.4. The molecule has 0 spiro atoms. The van der Waals surface area contributed by atoms with Crippen molar-refractivity contribution in [3.8, 4) is 22.6 Å². The summed E-state index contributed by atoms with van der Waals surface area (Å²) >= 11 is 6.37. The van der Waals surface area contributed by atoms with Crippen LogP contribution in [-0.2, 0) is 0 Å². The summed E-state index contributed by atoms with van der Waals surface area (Å²) in [4.78, 5) is 6.58. The summed E-state index contributed by atoms with van der Waals surface area (Å²) in [7, 11) is 0. The van der Waals surface area contributed by atoms with Crippen molar-refractivity contribution in [2.24, 2.45) is 0 Å². The second-order valence-corrected chi connectivity index (χ2v) is 6.56. The minimum absolute atomic E-state index is 0.140. The van der Waals surface area contributed by atoms with Crippen molar-refractivity contribution in [3.63, 3.8) is 0 Å². The Morgan fingerprint density at radius 1 is 0.720 bits per heavy atom. The normalized spacial score (nSPS) is 11.7. The standard InChI is InChI=1S/C20H13ClN2O2/c21-17-6-11(25)1-3-12(17)13-7-19-20(16-9-22-8-15(13)16)14-5-10(24)2-4-18(14)23-19/h1-9,22-25H. The molecule has 2 heterocycles. The fourth-order valence-corrected chi connectivity index (χ4v) is 3.84. The SMILES string of the molecule is Oc1ccc(-c2cc3[nH]c4ccc(O)cc4c3c3c[nH]cc23)c(Cl)c1. The Balaban J connectivity index is 1.94. The number of fused-ring (bicyclic) bond motifs is 5. The van der Waals surface area contributed by atoms with Crippen molar-refractivity contribution >= 4 is 44.2 Å². The van der Waals surface area contributed by atoms with E-state index in [0.717, 1.165) is 43.7 Å². The number of nitrogens with one attached hydrogen (secondary N) is 2. The Morgan fingerprint density at radius 2 is 1.48 bits per heavy atom. The lowest BCUT2D eigenvalue weighted by atomic mass is 9.97. The second kappa shape index (κ2) is 4.94. The minimum Gasteiger partial charge on any atom is -0.508 e. The van der Waals surface area contributed by atoms with Crippen LogP contribution in [0.1, 0.15) is 0 Å². The highest BCUT2D eigenvalue weighted by Gasteiger charge is 2.15. The third-order valence-corrected chi connectivity index (χ3v) is 4.96. The van der Waals surface area contributed by atoms with Gasteiger partial charge < -0.3 is 20.2 Å². The molecule has 0 fully saturated rings. The summed E-state index contributed by atoms with van der Waals surface area (Å²) in [5.41, 5.74) is 3.76. The molecule has 0 aliphatic carbocycles. The Bertz CT molecular complexity index is 1280. The van der Waals surface area contributed by atoms with E-state index in [1.807, 2.05) is 24.5 Å². The molecule has 0 saturated heterocycles. The quantitative estimate of drug-likeness (QED) is 0.321. The number of hydrogen-bond acceptors (Lipinski definition) is 2. The van der Waals surface area contributed by atoms with Gasteiger partial charge in [-0.25, -0.2) is 0 Å². The number of phenols is 2. The number of hydrogen-bond donors (Lipinski definition) is 4. The number of halogens is 1. The fourth-order valence-electron chi connectivity index (χ4n) is 3.56. The summed E-state index contributed by atoms with van der Waals surface area (Å²) in [6.45, 7) is 0. The van der Waals surface area contributed by atoms with Crippen molar-refractivity contribution in [2.45, 2.75) is 0 Å². The molecule has 4 nitrogen and oxygen atoms in total. The largest absolute Gasteiger partial charge is 0.508 e. The number of aromatic amines is 2. The van der Waals surface area contributed by atoms with Crippen LogP contribution in [0.4, 0.5) is 0 Å². The highest BCUT2D eigenvalue weighted by Crippen LogP contribution is 2.41. The zero-order valence-corrected chi connectivity index (χ0v) is 13.7. The number of aromatic hydroxyl groups is 2. The Hall–Kier alpha value is -3.11. The second-order valence-electron chi connectivity index (χ2n) is 6.15. The first-order valence-electron chi connectivity index (χ1n) is 7.84. The van der Waals surface area contributed by atoms with E-state index in [2.05, 4.69) is 16.0 Å². The zero-order valence-electron chi connectivity index (χ0n) is 13.0. The van der Waals surface area contributed by atoms with E-state index in [-0.39, 0.29) is 11.5 Å². The van der Waals surface area contributed by atoms with Gasteiger partial charge in [-0.05, 0) is 48.0 Å². The van der Waals surface area contributed by atoms with Crippen LogP contribution in [0.5, 0.6) is 11.5 Å². The molecule has 4 N–H and O–H groups in total. The van der Waals surface area contributed by atoms with Crippen LogP contribution in [0.15, 0.2) is 54.9 Å². The van der Waals surface area contributed by atoms with Crippen molar-refractivity contribution < 1.29 is 10.2 Å².